The average Bonchev–Trinajstić information content (AvgIpc) is 2.24. The third kappa shape index (κ3) is 2.57. The fourth-order valence-electron chi connectivity index (χ4n) is 2.78. The van der Waals surface area contributed by atoms with Gasteiger partial charge in [-0.05, 0) is 31.1 Å². The van der Waals surface area contributed by atoms with Gasteiger partial charge in [0.05, 0.1) is 0 Å². The maximum Gasteiger partial charge on any atom is 0.222 e. The van der Waals surface area contributed by atoms with Crippen molar-refractivity contribution in [3.63, 3.8) is 0 Å². The summed E-state index contributed by atoms with van der Waals surface area (Å²) < 4.78 is 0. The predicted molar refractivity (Wildman–Crippen MR) is 64.9 cm³/mol. The Bertz CT molecular complexity index is 250. The molecule has 0 bridgehead atoms. The van der Waals surface area contributed by atoms with Gasteiger partial charge in [0.15, 0.2) is 0 Å². The number of hydrogen-bond acceptors (Lipinski definition) is 2. The number of rotatable bonds is 3. The molecule has 0 spiro atoms. The second-order valence-electron chi connectivity index (χ2n) is 5.46. The van der Waals surface area contributed by atoms with Crippen molar-refractivity contribution in [2.24, 2.45) is 17.6 Å². The summed E-state index contributed by atoms with van der Waals surface area (Å²) in [5, 5.41) is 0. The number of hydrogen-bond donors (Lipinski definition) is 1. The Labute approximate surface area is 98.4 Å². The molecular formula is C13H24N2O. The van der Waals surface area contributed by atoms with E-state index in [4.69, 9.17) is 5.73 Å². The Kier molecular flexibility index (Phi) is 3.85. The molecule has 3 heteroatoms. The van der Waals surface area contributed by atoms with Gasteiger partial charge in [-0.3, -0.25) is 4.79 Å². The molecule has 1 saturated carbocycles. The van der Waals surface area contributed by atoms with E-state index in [0.29, 0.717) is 23.8 Å². The van der Waals surface area contributed by atoms with Crippen LogP contribution in [0.3, 0.4) is 0 Å². The van der Waals surface area contributed by atoms with Gasteiger partial charge >= 0.3 is 0 Å². The van der Waals surface area contributed by atoms with Crippen molar-refractivity contribution in [2.45, 2.75) is 51.5 Å². The molecular weight excluding hydrogens is 200 g/mol. The van der Waals surface area contributed by atoms with Gasteiger partial charge in [0.2, 0.25) is 5.91 Å². The molecule has 2 aliphatic rings. The number of nitrogens with two attached hydrogens (primary N) is 1. The third-order valence-electron chi connectivity index (χ3n) is 4.36. The molecule has 2 N–H and O–H groups in total. The normalized spacial score (nSPS) is 31.2. The van der Waals surface area contributed by atoms with E-state index in [-0.39, 0.29) is 0 Å². The molecule has 1 amide bonds. The molecule has 1 saturated heterocycles. The van der Waals surface area contributed by atoms with E-state index in [1.807, 2.05) is 0 Å². The smallest absolute Gasteiger partial charge is 0.222 e. The van der Waals surface area contributed by atoms with Crippen LogP contribution in [-0.4, -0.2) is 29.9 Å². The number of piperidine rings is 1. The molecule has 2 rings (SSSR count). The molecule has 1 aliphatic heterocycles. The zero-order valence-electron chi connectivity index (χ0n) is 10.3. The lowest BCUT2D eigenvalue weighted by molar-refractivity contribution is -0.134. The van der Waals surface area contributed by atoms with Crippen molar-refractivity contribution in [2.75, 3.05) is 13.1 Å². The molecule has 1 heterocycles. The Morgan fingerprint density at radius 2 is 2.12 bits per heavy atom. The molecule has 92 valence electrons. The fraction of sp³-hybridized carbons (Fsp3) is 0.923. The van der Waals surface area contributed by atoms with Crippen LogP contribution in [0, 0.1) is 11.8 Å². The SMILES string of the molecule is CCC1CN(C(=O)CC2CCC2)CCC1N. The van der Waals surface area contributed by atoms with Crippen LogP contribution in [-0.2, 0) is 4.79 Å². The van der Waals surface area contributed by atoms with Crippen LogP contribution >= 0.6 is 0 Å². The first-order valence-corrected chi connectivity index (χ1v) is 6.74. The minimum atomic E-state index is 0.303. The predicted octanol–water partition coefficient (Wildman–Crippen LogP) is 1.76. The van der Waals surface area contributed by atoms with Gasteiger partial charge in [0.25, 0.3) is 0 Å². The largest absolute Gasteiger partial charge is 0.342 e. The zero-order valence-corrected chi connectivity index (χ0v) is 10.3. The number of amides is 1. The fourth-order valence-corrected chi connectivity index (χ4v) is 2.78. The van der Waals surface area contributed by atoms with Gasteiger partial charge in [-0.25, -0.2) is 0 Å². The van der Waals surface area contributed by atoms with E-state index in [1.54, 1.807) is 0 Å². The summed E-state index contributed by atoms with van der Waals surface area (Å²) in [5.41, 5.74) is 6.05. The lowest BCUT2D eigenvalue weighted by Crippen LogP contribution is -2.49. The Morgan fingerprint density at radius 1 is 1.38 bits per heavy atom. The van der Waals surface area contributed by atoms with E-state index >= 15 is 0 Å². The summed E-state index contributed by atoms with van der Waals surface area (Å²) in [6.07, 6.45) is 6.70. The van der Waals surface area contributed by atoms with Gasteiger partial charge < -0.3 is 10.6 Å². The number of carbonyl (C=O) groups excluding carboxylic acids is 1. The lowest BCUT2D eigenvalue weighted by atomic mass is 9.82. The molecule has 2 unspecified atom stereocenters. The number of carbonyl (C=O) groups is 1. The molecule has 2 atom stereocenters. The first-order valence-electron chi connectivity index (χ1n) is 6.74. The molecule has 3 nitrogen and oxygen atoms in total. The monoisotopic (exact) mass is 224 g/mol. The van der Waals surface area contributed by atoms with Crippen molar-refractivity contribution in [1.82, 2.24) is 4.90 Å². The van der Waals surface area contributed by atoms with E-state index in [1.165, 1.54) is 19.3 Å². The topological polar surface area (TPSA) is 46.3 Å². The van der Waals surface area contributed by atoms with Crippen LogP contribution < -0.4 is 5.73 Å². The highest BCUT2D eigenvalue weighted by Crippen LogP contribution is 2.30. The molecule has 1 aliphatic carbocycles. The molecule has 0 aromatic heterocycles. The first-order chi connectivity index (χ1) is 7.70. The second kappa shape index (κ2) is 5.17. The van der Waals surface area contributed by atoms with Gasteiger partial charge in [0.1, 0.15) is 0 Å². The Balaban J connectivity index is 1.81. The molecule has 0 radical (unpaired) electrons. The lowest BCUT2D eigenvalue weighted by Gasteiger charge is -2.38. The van der Waals surface area contributed by atoms with Crippen LogP contribution in [0.4, 0.5) is 0 Å². The third-order valence-corrected chi connectivity index (χ3v) is 4.36. The van der Waals surface area contributed by atoms with Gasteiger partial charge in [-0.15, -0.1) is 0 Å². The van der Waals surface area contributed by atoms with Gasteiger partial charge in [0, 0.05) is 25.6 Å². The Hall–Kier alpha value is -0.570. The molecule has 2 fully saturated rings. The minimum Gasteiger partial charge on any atom is -0.342 e. The minimum absolute atomic E-state index is 0.303. The number of likely N-dealkylation sites (tertiary alicyclic amines) is 1. The van der Waals surface area contributed by atoms with E-state index < -0.39 is 0 Å². The van der Waals surface area contributed by atoms with Crippen LogP contribution in [0.5, 0.6) is 0 Å². The molecule has 0 aromatic rings. The van der Waals surface area contributed by atoms with Crippen molar-refractivity contribution in [1.29, 1.82) is 0 Å². The van der Waals surface area contributed by atoms with Crippen molar-refractivity contribution >= 4 is 5.91 Å². The highest BCUT2D eigenvalue weighted by atomic mass is 16.2. The maximum absolute atomic E-state index is 12.1. The number of nitrogens with zero attached hydrogens (tertiary/aromatic N) is 1. The van der Waals surface area contributed by atoms with Crippen LogP contribution in [0.2, 0.25) is 0 Å². The summed E-state index contributed by atoms with van der Waals surface area (Å²) >= 11 is 0. The van der Waals surface area contributed by atoms with Gasteiger partial charge in [-0.2, -0.15) is 0 Å². The van der Waals surface area contributed by atoms with Crippen molar-refractivity contribution < 1.29 is 4.79 Å². The van der Waals surface area contributed by atoms with E-state index in [2.05, 4.69) is 11.8 Å². The molecule has 0 aromatic carbocycles. The average molecular weight is 224 g/mol. The summed E-state index contributed by atoms with van der Waals surface area (Å²) in [6, 6.07) is 0.303. The van der Waals surface area contributed by atoms with Gasteiger partial charge in [-0.1, -0.05) is 19.8 Å². The standard InChI is InChI=1S/C13H24N2O/c1-2-11-9-15(7-6-12(11)14)13(16)8-10-4-3-5-10/h10-12H,2-9,14H2,1H3. The maximum atomic E-state index is 12.1. The van der Waals surface area contributed by atoms with E-state index in [0.717, 1.165) is 32.4 Å². The highest BCUT2D eigenvalue weighted by Gasteiger charge is 2.30. The second-order valence-corrected chi connectivity index (χ2v) is 5.46. The van der Waals surface area contributed by atoms with Crippen LogP contribution in [0.1, 0.15) is 45.4 Å². The first kappa shape index (κ1) is 11.9. The Morgan fingerprint density at radius 3 is 2.69 bits per heavy atom. The zero-order chi connectivity index (χ0) is 11.5. The van der Waals surface area contributed by atoms with Crippen molar-refractivity contribution in [3.8, 4) is 0 Å². The summed E-state index contributed by atoms with van der Waals surface area (Å²) in [4.78, 5) is 14.1. The summed E-state index contributed by atoms with van der Waals surface area (Å²) in [5.74, 6) is 1.57. The summed E-state index contributed by atoms with van der Waals surface area (Å²) in [6.45, 7) is 3.94. The quantitative estimate of drug-likeness (QED) is 0.794. The van der Waals surface area contributed by atoms with Crippen LogP contribution in [0.25, 0.3) is 0 Å². The van der Waals surface area contributed by atoms with E-state index in [9.17, 15) is 4.79 Å². The highest BCUT2D eigenvalue weighted by molar-refractivity contribution is 5.76. The summed E-state index contributed by atoms with van der Waals surface area (Å²) in [7, 11) is 0. The molecule has 16 heavy (non-hydrogen) atoms. The van der Waals surface area contributed by atoms with Crippen molar-refractivity contribution in [3.05, 3.63) is 0 Å². The van der Waals surface area contributed by atoms with Crippen LogP contribution in [0.15, 0.2) is 0 Å².